The zero-order chi connectivity index (χ0) is 15.0. The van der Waals surface area contributed by atoms with Crippen LogP contribution in [0.25, 0.3) is 5.65 Å². The molecule has 0 fully saturated rings. The quantitative estimate of drug-likeness (QED) is 0.737. The average molecular weight is 306 g/mol. The average Bonchev–Trinajstić information content (AvgIpc) is 2.85. The van der Waals surface area contributed by atoms with Crippen molar-refractivity contribution in [1.82, 2.24) is 19.8 Å². The summed E-state index contributed by atoms with van der Waals surface area (Å²) in [7, 11) is 0. The van der Waals surface area contributed by atoms with Gasteiger partial charge >= 0.3 is 0 Å². The van der Waals surface area contributed by atoms with Gasteiger partial charge in [-0.3, -0.25) is 0 Å². The third kappa shape index (κ3) is 2.73. The van der Waals surface area contributed by atoms with Gasteiger partial charge in [-0.25, -0.2) is 8.78 Å². The first-order valence-corrected chi connectivity index (χ1v) is 7.12. The van der Waals surface area contributed by atoms with Crippen molar-refractivity contribution in [2.75, 3.05) is 0 Å². The number of nitrogens with zero attached hydrogens (tertiary/aromatic N) is 4. The van der Waals surface area contributed by atoms with Crippen molar-refractivity contribution in [3.63, 3.8) is 0 Å². The molecule has 0 amide bonds. The molecule has 4 nitrogen and oxygen atoms in total. The number of fused-ring (bicyclic) bond motifs is 1. The van der Waals surface area contributed by atoms with Gasteiger partial charge in [-0.1, -0.05) is 29.5 Å². The minimum Gasteiger partial charge on any atom is -0.201 e. The number of aryl methyl sites for hydroxylation is 2. The molecule has 0 aliphatic rings. The van der Waals surface area contributed by atoms with Crippen LogP contribution in [-0.2, 0) is 0 Å². The number of halogens is 2. The van der Waals surface area contributed by atoms with Crippen molar-refractivity contribution in [2.24, 2.45) is 0 Å². The van der Waals surface area contributed by atoms with Gasteiger partial charge in [-0.15, -0.1) is 10.2 Å². The Balaban J connectivity index is 1.99. The molecule has 3 aromatic rings. The highest BCUT2D eigenvalue weighted by Crippen LogP contribution is 2.29. The predicted octanol–water partition coefficient (Wildman–Crippen LogP) is 3.83. The molecule has 0 aliphatic carbocycles. The van der Waals surface area contributed by atoms with Crippen LogP contribution in [0.4, 0.5) is 8.78 Å². The minimum absolute atomic E-state index is 0.315. The molecular weight excluding hydrogens is 294 g/mol. The Kier molecular flexibility index (Phi) is 3.59. The van der Waals surface area contributed by atoms with E-state index in [4.69, 9.17) is 0 Å². The number of alkyl halides is 2. The zero-order valence-electron chi connectivity index (χ0n) is 11.4. The second kappa shape index (κ2) is 5.40. The number of rotatable bonds is 3. The Morgan fingerprint density at radius 2 is 1.90 bits per heavy atom. The summed E-state index contributed by atoms with van der Waals surface area (Å²) in [6.45, 7) is 4.04. The molecule has 0 unspecified atom stereocenters. The van der Waals surface area contributed by atoms with Crippen molar-refractivity contribution in [1.29, 1.82) is 0 Å². The monoisotopic (exact) mass is 306 g/mol. The topological polar surface area (TPSA) is 43.1 Å². The molecule has 3 rings (SSSR count). The SMILES string of the molecule is Cc1ccc(Sc2ccc3nnc(C(F)F)n3n2)c(C)c1. The molecule has 0 N–H and O–H groups in total. The van der Waals surface area contributed by atoms with Crippen molar-refractivity contribution >= 4 is 17.4 Å². The third-order valence-corrected chi connectivity index (χ3v) is 4.11. The standard InChI is InChI=1S/C14H12F2N4S/c1-8-3-4-10(9(2)7-8)21-12-6-5-11-17-18-14(13(15)16)20(11)19-12/h3-7,13H,1-2H3. The van der Waals surface area contributed by atoms with E-state index in [0.717, 1.165) is 15.0 Å². The Morgan fingerprint density at radius 3 is 2.62 bits per heavy atom. The minimum atomic E-state index is -2.70. The molecule has 0 radical (unpaired) electrons. The van der Waals surface area contributed by atoms with E-state index in [2.05, 4.69) is 21.4 Å². The zero-order valence-corrected chi connectivity index (χ0v) is 12.2. The van der Waals surface area contributed by atoms with Crippen LogP contribution in [0, 0.1) is 13.8 Å². The van der Waals surface area contributed by atoms with Crippen LogP contribution < -0.4 is 0 Å². The molecule has 1 aromatic carbocycles. The van der Waals surface area contributed by atoms with Gasteiger partial charge < -0.3 is 0 Å². The summed E-state index contributed by atoms with van der Waals surface area (Å²) in [6.07, 6.45) is -2.70. The van der Waals surface area contributed by atoms with E-state index in [1.165, 1.54) is 17.3 Å². The van der Waals surface area contributed by atoms with Crippen molar-refractivity contribution in [3.8, 4) is 0 Å². The van der Waals surface area contributed by atoms with Crippen molar-refractivity contribution < 1.29 is 8.78 Å². The van der Waals surface area contributed by atoms with Gasteiger partial charge in [-0.2, -0.15) is 9.61 Å². The van der Waals surface area contributed by atoms with Crippen LogP contribution in [-0.4, -0.2) is 19.8 Å². The van der Waals surface area contributed by atoms with Gasteiger partial charge in [0.1, 0.15) is 5.03 Å². The fraction of sp³-hybridized carbons (Fsp3) is 0.214. The number of hydrogen-bond donors (Lipinski definition) is 0. The van der Waals surface area contributed by atoms with E-state index in [9.17, 15) is 8.78 Å². The van der Waals surface area contributed by atoms with Gasteiger partial charge in [0.15, 0.2) is 5.65 Å². The molecule has 0 aliphatic heterocycles. The lowest BCUT2D eigenvalue weighted by Gasteiger charge is -2.06. The van der Waals surface area contributed by atoms with E-state index in [1.807, 2.05) is 26.0 Å². The Bertz CT molecular complexity index is 801. The lowest BCUT2D eigenvalue weighted by Crippen LogP contribution is -2.00. The second-order valence-electron chi connectivity index (χ2n) is 4.67. The van der Waals surface area contributed by atoms with Crippen molar-refractivity contribution in [3.05, 3.63) is 47.3 Å². The van der Waals surface area contributed by atoms with Crippen LogP contribution >= 0.6 is 11.8 Å². The molecule has 0 spiro atoms. The summed E-state index contributed by atoms with van der Waals surface area (Å²) >= 11 is 1.43. The molecule has 2 aromatic heterocycles. The van der Waals surface area contributed by atoms with Crippen LogP contribution in [0.3, 0.4) is 0 Å². The molecular formula is C14H12F2N4S. The molecule has 108 valence electrons. The molecule has 21 heavy (non-hydrogen) atoms. The normalized spacial score (nSPS) is 11.5. The van der Waals surface area contributed by atoms with E-state index in [0.29, 0.717) is 10.7 Å². The van der Waals surface area contributed by atoms with Crippen LogP contribution in [0.2, 0.25) is 0 Å². The fourth-order valence-electron chi connectivity index (χ4n) is 2.01. The number of aromatic nitrogens is 4. The summed E-state index contributed by atoms with van der Waals surface area (Å²) in [5.74, 6) is -0.437. The van der Waals surface area contributed by atoms with E-state index >= 15 is 0 Å². The molecule has 0 atom stereocenters. The van der Waals surface area contributed by atoms with Gasteiger partial charge in [0.25, 0.3) is 6.43 Å². The predicted molar refractivity (Wildman–Crippen MR) is 75.8 cm³/mol. The highest BCUT2D eigenvalue weighted by molar-refractivity contribution is 7.99. The Hall–Kier alpha value is -2.02. The van der Waals surface area contributed by atoms with E-state index in [-0.39, 0.29) is 0 Å². The highest BCUT2D eigenvalue weighted by atomic mass is 32.2. The molecule has 0 bridgehead atoms. The largest absolute Gasteiger partial charge is 0.299 e. The summed E-state index contributed by atoms with van der Waals surface area (Å²) in [6, 6.07) is 9.48. The van der Waals surface area contributed by atoms with Crippen molar-refractivity contribution in [2.45, 2.75) is 30.2 Å². The van der Waals surface area contributed by atoms with Gasteiger partial charge in [-0.05, 0) is 37.6 Å². The maximum atomic E-state index is 12.8. The van der Waals surface area contributed by atoms with Gasteiger partial charge in [0, 0.05) is 4.90 Å². The third-order valence-electron chi connectivity index (χ3n) is 3.00. The van der Waals surface area contributed by atoms with E-state index in [1.54, 1.807) is 12.1 Å². The first-order chi connectivity index (χ1) is 10.0. The molecule has 2 heterocycles. The number of benzene rings is 1. The lowest BCUT2D eigenvalue weighted by molar-refractivity contribution is 0.137. The van der Waals surface area contributed by atoms with Gasteiger partial charge in [0.2, 0.25) is 5.82 Å². The summed E-state index contributed by atoms with van der Waals surface area (Å²) < 4.78 is 26.7. The van der Waals surface area contributed by atoms with Crippen LogP contribution in [0.5, 0.6) is 0 Å². The summed E-state index contributed by atoms with van der Waals surface area (Å²) in [4.78, 5) is 1.04. The first-order valence-electron chi connectivity index (χ1n) is 6.30. The maximum Gasteiger partial charge on any atom is 0.299 e. The fourth-order valence-corrected chi connectivity index (χ4v) is 2.85. The second-order valence-corrected chi connectivity index (χ2v) is 5.73. The number of hydrogen-bond acceptors (Lipinski definition) is 4. The first kappa shape index (κ1) is 13.9. The summed E-state index contributed by atoms with van der Waals surface area (Å²) in [5.41, 5.74) is 2.62. The van der Waals surface area contributed by atoms with Crippen LogP contribution in [0.1, 0.15) is 23.4 Å². The van der Waals surface area contributed by atoms with Gasteiger partial charge in [0.05, 0.1) is 0 Å². The maximum absolute atomic E-state index is 12.8. The Morgan fingerprint density at radius 1 is 1.10 bits per heavy atom. The Labute approximate surface area is 124 Å². The van der Waals surface area contributed by atoms with Crippen LogP contribution in [0.15, 0.2) is 40.3 Å². The molecule has 7 heteroatoms. The smallest absolute Gasteiger partial charge is 0.201 e. The van der Waals surface area contributed by atoms with E-state index < -0.39 is 12.2 Å². The lowest BCUT2D eigenvalue weighted by atomic mass is 10.2. The molecule has 0 saturated carbocycles. The molecule has 0 saturated heterocycles. The summed E-state index contributed by atoms with van der Waals surface area (Å²) in [5, 5.41) is 12.0. The highest BCUT2D eigenvalue weighted by Gasteiger charge is 2.17.